The first-order valence-corrected chi connectivity index (χ1v) is 7.84. The van der Waals surface area contributed by atoms with E-state index in [1.807, 2.05) is 18.7 Å². The Morgan fingerprint density at radius 1 is 1.18 bits per heavy atom. The van der Waals surface area contributed by atoms with Crippen LogP contribution >= 0.6 is 0 Å². The molecule has 1 fully saturated rings. The molecule has 1 aliphatic rings. The zero-order chi connectivity index (χ0) is 16.1. The Labute approximate surface area is 132 Å². The van der Waals surface area contributed by atoms with Crippen LogP contribution in [0.3, 0.4) is 0 Å². The first-order chi connectivity index (χ1) is 10.5. The quantitative estimate of drug-likeness (QED) is 0.915. The lowest BCUT2D eigenvalue weighted by Gasteiger charge is -2.36. The summed E-state index contributed by atoms with van der Waals surface area (Å²) in [6, 6.07) is 8.41. The van der Waals surface area contributed by atoms with Crippen molar-refractivity contribution in [1.29, 1.82) is 0 Å². The van der Waals surface area contributed by atoms with Gasteiger partial charge in [0.15, 0.2) is 0 Å². The zero-order valence-corrected chi connectivity index (χ0v) is 13.6. The molecule has 0 spiro atoms. The van der Waals surface area contributed by atoms with E-state index in [0.717, 1.165) is 13.1 Å². The van der Waals surface area contributed by atoms with Crippen LogP contribution < -0.4 is 10.2 Å². The van der Waals surface area contributed by atoms with E-state index in [4.69, 9.17) is 0 Å². The number of anilines is 1. The lowest BCUT2D eigenvalue weighted by atomic mass is 10.2. The second-order valence-electron chi connectivity index (χ2n) is 6.08. The molecule has 0 radical (unpaired) electrons. The molecule has 5 nitrogen and oxygen atoms in total. The molecule has 0 unspecified atom stereocenters. The number of benzene rings is 1. The maximum absolute atomic E-state index is 12.1. The molecule has 0 aliphatic carbocycles. The van der Waals surface area contributed by atoms with Gasteiger partial charge in [0.2, 0.25) is 11.8 Å². The van der Waals surface area contributed by atoms with E-state index >= 15 is 0 Å². The fraction of sp³-hybridized carbons (Fsp3) is 0.529. The minimum atomic E-state index is -0.0917. The van der Waals surface area contributed by atoms with Crippen molar-refractivity contribution < 1.29 is 9.59 Å². The number of rotatable bonds is 4. The van der Waals surface area contributed by atoms with Crippen molar-refractivity contribution in [2.24, 2.45) is 5.92 Å². The Hall–Kier alpha value is -2.04. The van der Waals surface area contributed by atoms with Gasteiger partial charge in [0.1, 0.15) is 0 Å². The van der Waals surface area contributed by atoms with E-state index in [9.17, 15) is 9.59 Å². The minimum absolute atomic E-state index is 0.00195. The van der Waals surface area contributed by atoms with Crippen molar-refractivity contribution in [1.82, 2.24) is 10.2 Å². The van der Waals surface area contributed by atoms with Gasteiger partial charge in [-0.2, -0.15) is 0 Å². The van der Waals surface area contributed by atoms with E-state index in [1.165, 1.54) is 11.3 Å². The molecule has 1 N–H and O–H groups in total. The van der Waals surface area contributed by atoms with Gasteiger partial charge in [0.25, 0.3) is 0 Å². The number of carbonyl (C=O) groups is 2. The average molecular weight is 303 g/mol. The maximum atomic E-state index is 12.1. The van der Waals surface area contributed by atoms with E-state index < -0.39 is 0 Å². The molecule has 22 heavy (non-hydrogen) atoms. The van der Waals surface area contributed by atoms with Gasteiger partial charge < -0.3 is 15.1 Å². The van der Waals surface area contributed by atoms with Crippen LogP contribution in [-0.4, -0.2) is 49.4 Å². The number of carbonyl (C=O) groups excluding carboxylic acids is 2. The van der Waals surface area contributed by atoms with Crippen LogP contribution in [0.5, 0.6) is 0 Å². The number of nitrogens with one attached hydrogen (secondary N) is 1. The number of piperazine rings is 1. The maximum Gasteiger partial charge on any atom is 0.242 e. The average Bonchev–Trinajstić information content (AvgIpc) is 2.52. The molecular weight excluding hydrogens is 278 g/mol. The number of nitrogens with zero attached hydrogens (tertiary/aromatic N) is 2. The first kappa shape index (κ1) is 16.3. The molecular formula is C17H25N3O2. The lowest BCUT2D eigenvalue weighted by molar-refractivity contribution is -0.133. The van der Waals surface area contributed by atoms with Crippen molar-refractivity contribution in [2.45, 2.75) is 20.8 Å². The molecule has 0 saturated carbocycles. The van der Waals surface area contributed by atoms with Gasteiger partial charge in [-0.3, -0.25) is 9.59 Å². The zero-order valence-electron chi connectivity index (χ0n) is 13.6. The highest BCUT2D eigenvalue weighted by atomic mass is 16.2. The molecule has 2 rings (SSSR count). The lowest BCUT2D eigenvalue weighted by Crippen LogP contribution is -2.51. The van der Waals surface area contributed by atoms with E-state index in [0.29, 0.717) is 13.1 Å². The van der Waals surface area contributed by atoms with Gasteiger partial charge in [-0.1, -0.05) is 26.0 Å². The van der Waals surface area contributed by atoms with Crippen LogP contribution in [0.25, 0.3) is 0 Å². The molecule has 1 aromatic carbocycles. The third-order valence-electron chi connectivity index (χ3n) is 3.94. The first-order valence-electron chi connectivity index (χ1n) is 7.84. The van der Waals surface area contributed by atoms with Crippen LogP contribution in [-0.2, 0) is 9.59 Å². The van der Waals surface area contributed by atoms with Gasteiger partial charge in [0.05, 0.1) is 6.54 Å². The Morgan fingerprint density at radius 3 is 2.45 bits per heavy atom. The summed E-state index contributed by atoms with van der Waals surface area (Å²) in [5.74, 6) is -0.171. The van der Waals surface area contributed by atoms with Crippen molar-refractivity contribution in [2.75, 3.05) is 37.6 Å². The Bertz CT molecular complexity index is 534. The predicted octanol–water partition coefficient (Wildman–Crippen LogP) is 1.42. The summed E-state index contributed by atoms with van der Waals surface area (Å²) in [4.78, 5) is 27.7. The minimum Gasteiger partial charge on any atom is -0.368 e. The molecule has 0 atom stereocenters. The third kappa shape index (κ3) is 4.23. The van der Waals surface area contributed by atoms with Crippen LogP contribution in [0.15, 0.2) is 24.3 Å². The Morgan fingerprint density at radius 2 is 1.86 bits per heavy atom. The highest BCUT2D eigenvalue weighted by Crippen LogP contribution is 2.17. The Kier molecular flexibility index (Phi) is 5.41. The highest BCUT2D eigenvalue weighted by Gasteiger charge is 2.21. The van der Waals surface area contributed by atoms with Crippen LogP contribution in [0.2, 0.25) is 0 Å². The fourth-order valence-electron chi connectivity index (χ4n) is 2.52. The number of hydrogen-bond acceptors (Lipinski definition) is 3. The van der Waals surface area contributed by atoms with Crippen molar-refractivity contribution in [3.8, 4) is 0 Å². The van der Waals surface area contributed by atoms with Gasteiger partial charge in [-0.05, 0) is 24.6 Å². The standard InChI is InChI=1S/C17H25N3O2/c1-13(2)17(22)18-12-16(21)20-9-7-19(8-10-20)15-6-4-5-14(3)11-15/h4-6,11,13H,7-10,12H2,1-3H3,(H,18,22). The summed E-state index contributed by atoms with van der Waals surface area (Å²) < 4.78 is 0. The Balaban J connectivity index is 1.81. The summed E-state index contributed by atoms with van der Waals surface area (Å²) in [5, 5.41) is 2.69. The molecule has 1 heterocycles. The summed E-state index contributed by atoms with van der Waals surface area (Å²) >= 11 is 0. The van der Waals surface area contributed by atoms with Crippen LogP contribution in [0.1, 0.15) is 19.4 Å². The monoisotopic (exact) mass is 303 g/mol. The summed E-state index contributed by atoms with van der Waals surface area (Å²) in [6.45, 7) is 8.87. The van der Waals surface area contributed by atoms with Crippen molar-refractivity contribution in [3.05, 3.63) is 29.8 Å². The van der Waals surface area contributed by atoms with E-state index in [-0.39, 0.29) is 24.3 Å². The van der Waals surface area contributed by atoms with Gasteiger partial charge >= 0.3 is 0 Å². The largest absolute Gasteiger partial charge is 0.368 e. The van der Waals surface area contributed by atoms with Crippen LogP contribution in [0.4, 0.5) is 5.69 Å². The molecule has 0 aromatic heterocycles. The molecule has 1 saturated heterocycles. The van der Waals surface area contributed by atoms with Gasteiger partial charge in [-0.25, -0.2) is 0 Å². The summed E-state index contributed by atoms with van der Waals surface area (Å²) in [5.41, 5.74) is 2.45. The molecule has 1 aromatic rings. The number of hydrogen-bond donors (Lipinski definition) is 1. The van der Waals surface area contributed by atoms with E-state index in [2.05, 4.69) is 41.4 Å². The van der Waals surface area contributed by atoms with E-state index in [1.54, 1.807) is 0 Å². The second-order valence-corrected chi connectivity index (χ2v) is 6.08. The number of aryl methyl sites for hydroxylation is 1. The predicted molar refractivity (Wildman–Crippen MR) is 87.8 cm³/mol. The van der Waals surface area contributed by atoms with Crippen LogP contribution in [0, 0.1) is 12.8 Å². The summed E-state index contributed by atoms with van der Waals surface area (Å²) in [6.07, 6.45) is 0. The van der Waals surface area contributed by atoms with Gasteiger partial charge in [0, 0.05) is 37.8 Å². The molecule has 5 heteroatoms. The normalized spacial score (nSPS) is 15.1. The molecule has 1 aliphatic heterocycles. The van der Waals surface area contributed by atoms with Crippen molar-refractivity contribution >= 4 is 17.5 Å². The smallest absolute Gasteiger partial charge is 0.242 e. The summed E-state index contributed by atoms with van der Waals surface area (Å²) in [7, 11) is 0. The molecule has 120 valence electrons. The van der Waals surface area contributed by atoms with Crippen molar-refractivity contribution in [3.63, 3.8) is 0 Å². The highest BCUT2D eigenvalue weighted by molar-refractivity contribution is 5.85. The topological polar surface area (TPSA) is 52.6 Å². The third-order valence-corrected chi connectivity index (χ3v) is 3.94. The second kappa shape index (κ2) is 7.29. The molecule has 2 amide bonds. The molecule has 0 bridgehead atoms. The fourth-order valence-corrected chi connectivity index (χ4v) is 2.52. The SMILES string of the molecule is Cc1cccc(N2CCN(C(=O)CNC(=O)C(C)C)CC2)c1. The number of amides is 2. The van der Waals surface area contributed by atoms with Gasteiger partial charge in [-0.15, -0.1) is 0 Å².